The number of hydrogen-bond donors (Lipinski definition) is 0. The quantitative estimate of drug-likeness (QED) is 0.263. The van der Waals surface area contributed by atoms with Crippen molar-refractivity contribution < 1.29 is 14.5 Å². The number of allylic oxidation sites excluding steroid dienone is 2. The van der Waals surface area contributed by atoms with Gasteiger partial charge in [0.05, 0.1) is 12.0 Å². The molecule has 0 amide bonds. The van der Waals surface area contributed by atoms with Gasteiger partial charge in [-0.3, -0.25) is 10.1 Å². The molecule has 0 saturated heterocycles. The van der Waals surface area contributed by atoms with E-state index in [1.54, 1.807) is 24.3 Å². The lowest BCUT2D eigenvalue weighted by Crippen LogP contribution is -1.92. The van der Waals surface area contributed by atoms with E-state index in [4.69, 9.17) is 0 Å². The number of carbonyl (C=O) groups is 1. The average molecular weight is 233 g/mol. The highest BCUT2D eigenvalue weighted by Gasteiger charge is 2.02. The molecule has 0 heterocycles. The second-order valence-corrected chi connectivity index (χ2v) is 3.09. The first-order valence-corrected chi connectivity index (χ1v) is 4.80. The monoisotopic (exact) mass is 233 g/mol. The van der Waals surface area contributed by atoms with Crippen LogP contribution in [0.5, 0.6) is 0 Å². The molecule has 0 N–H and O–H groups in total. The maximum Gasteiger partial charge on any atom is 0.330 e. The zero-order chi connectivity index (χ0) is 12.7. The molecular formula is C12H11NO4. The van der Waals surface area contributed by atoms with Gasteiger partial charge in [0.25, 0.3) is 5.69 Å². The van der Waals surface area contributed by atoms with E-state index in [9.17, 15) is 14.9 Å². The normalized spacial score (nSPS) is 10.9. The van der Waals surface area contributed by atoms with E-state index in [0.717, 1.165) is 0 Å². The van der Waals surface area contributed by atoms with Crippen molar-refractivity contribution in [1.82, 2.24) is 0 Å². The molecule has 0 aliphatic heterocycles. The Balaban J connectivity index is 2.72. The summed E-state index contributed by atoms with van der Waals surface area (Å²) >= 11 is 0. The van der Waals surface area contributed by atoms with Crippen molar-refractivity contribution in [1.29, 1.82) is 0 Å². The number of rotatable bonds is 4. The summed E-state index contributed by atoms with van der Waals surface area (Å²) in [6, 6.07) is 6.20. The maximum absolute atomic E-state index is 10.7. The van der Waals surface area contributed by atoms with Gasteiger partial charge in [0, 0.05) is 18.2 Å². The minimum absolute atomic E-state index is 0.0316. The summed E-state index contributed by atoms with van der Waals surface area (Å²) in [5.41, 5.74) is 0.720. The number of nitro groups is 1. The summed E-state index contributed by atoms with van der Waals surface area (Å²) < 4.78 is 4.40. The standard InChI is InChI=1S/C12H11NO4/c1-17-12(14)8-3-2-5-10-6-4-7-11(9-10)13(15)16/h2-9H,1H3/b5-2+,8-3+. The highest BCUT2D eigenvalue weighted by atomic mass is 16.6. The van der Waals surface area contributed by atoms with Gasteiger partial charge in [0.15, 0.2) is 0 Å². The lowest BCUT2D eigenvalue weighted by atomic mass is 10.2. The molecule has 0 bridgehead atoms. The Bertz CT molecular complexity index is 477. The first-order valence-electron chi connectivity index (χ1n) is 4.80. The smallest absolute Gasteiger partial charge is 0.330 e. The van der Waals surface area contributed by atoms with E-state index in [2.05, 4.69) is 4.74 Å². The molecule has 1 aromatic carbocycles. The Morgan fingerprint density at radius 3 is 2.82 bits per heavy atom. The number of esters is 1. The number of nitro benzene ring substituents is 1. The Morgan fingerprint density at radius 1 is 1.41 bits per heavy atom. The number of carbonyl (C=O) groups excluding carboxylic acids is 1. The minimum atomic E-state index is -0.457. The van der Waals surface area contributed by atoms with Gasteiger partial charge in [-0.05, 0) is 5.56 Å². The van der Waals surface area contributed by atoms with E-state index in [1.807, 2.05) is 0 Å². The lowest BCUT2D eigenvalue weighted by molar-refractivity contribution is -0.384. The number of ether oxygens (including phenoxy) is 1. The molecule has 88 valence electrons. The Hall–Kier alpha value is -2.43. The summed E-state index contributed by atoms with van der Waals surface area (Å²) in [5.74, 6) is -0.450. The number of hydrogen-bond acceptors (Lipinski definition) is 4. The van der Waals surface area contributed by atoms with Crippen LogP contribution >= 0.6 is 0 Å². The summed E-state index contributed by atoms with van der Waals surface area (Å²) in [7, 11) is 1.29. The molecule has 0 radical (unpaired) electrons. The van der Waals surface area contributed by atoms with Crippen molar-refractivity contribution in [2.24, 2.45) is 0 Å². The van der Waals surface area contributed by atoms with Crippen LogP contribution in [0.25, 0.3) is 6.08 Å². The van der Waals surface area contributed by atoms with Crippen molar-refractivity contribution in [3.05, 3.63) is 58.2 Å². The molecule has 5 heteroatoms. The van der Waals surface area contributed by atoms with Gasteiger partial charge in [-0.1, -0.05) is 30.4 Å². The van der Waals surface area contributed by atoms with Crippen LogP contribution < -0.4 is 0 Å². The molecule has 0 unspecified atom stereocenters. The molecule has 17 heavy (non-hydrogen) atoms. The molecule has 0 saturated carbocycles. The predicted molar refractivity (Wildman–Crippen MR) is 63.3 cm³/mol. The average Bonchev–Trinajstić information content (AvgIpc) is 2.34. The van der Waals surface area contributed by atoms with E-state index < -0.39 is 10.9 Å². The molecule has 5 nitrogen and oxygen atoms in total. The van der Waals surface area contributed by atoms with Crippen molar-refractivity contribution in [2.45, 2.75) is 0 Å². The van der Waals surface area contributed by atoms with Crippen LogP contribution in [0.3, 0.4) is 0 Å². The van der Waals surface area contributed by atoms with Crippen LogP contribution in [0.4, 0.5) is 5.69 Å². The van der Waals surface area contributed by atoms with E-state index in [0.29, 0.717) is 5.56 Å². The van der Waals surface area contributed by atoms with E-state index in [1.165, 1.54) is 31.4 Å². The second-order valence-electron chi connectivity index (χ2n) is 3.09. The largest absolute Gasteiger partial charge is 0.466 e. The number of non-ortho nitro benzene ring substituents is 1. The van der Waals surface area contributed by atoms with Gasteiger partial charge in [0.2, 0.25) is 0 Å². The maximum atomic E-state index is 10.7. The van der Waals surface area contributed by atoms with Crippen LogP contribution in [0.15, 0.2) is 42.5 Å². The van der Waals surface area contributed by atoms with Crippen LogP contribution in [-0.4, -0.2) is 18.0 Å². The molecular weight excluding hydrogens is 222 g/mol. The summed E-state index contributed by atoms with van der Waals surface area (Å²) in [6.45, 7) is 0. The number of nitrogens with zero attached hydrogens (tertiary/aromatic N) is 1. The third-order valence-electron chi connectivity index (χ3n) is 1.91. The minimum Gasteiger partial charge on any atom is -0.466 e. The SMILES string of the molecule is COC(=O)/C=C/C=C/c1cccc([N+](=O)[O-])c1. The molecule has 0 aliphatic rings. The third kappa shape index (κ3) is 4.29. The predicted octanol–water partition coefficient (Wildman–Crippen LogP) is 2.34. The first kappa shape index (κ1) is 12.6. The van der Waals surface area contributed by atoms with E-state index >= 15 is 0 Å². The van der Waals surface area contributed by atoms with Gasteiger partial charge in [-0.25, -0.2) is 4.79 Å². The summed E-state index contributed by atoms with van der Waals surface area (Å²) in [5, 5.41) is 10.5. The Kier molecular flexibility index (Phi) is 4.62. The van der Waals surface area contributed by atoms with Crippen LogP contribution in [-0.2, 0) is 9.53 Å². The summed E-state index contributed by atoms with van der Waals surface area (Å²) in [6.07, 6.45) is 6.03. The fourth-order valence-corrected chi connectivity index (χ4v) is 1.11. The third-order valence-corrected chi connectivity index (χ3v) is 1.91. The lowest BCUT2D eigenvalue weighted by Gasteiger charge is -1.93. The molecule has 1 rings (SSSR count). The van der Waals surface area contributed by atoms with Gasteiger partial charge in [-0.2, -0.15) is 0 Å². The van der Waals surface area contributed by atoms with Crippen LogP contribution in [0.2, 0.25) is 0 Å². The van der Waals surface area contributed by atoms with Gasteiger partial charge in [0.1, 0.15) is 0 Å². The topological polar surface area (TPSA) is 69.4 Å². The molecule has 1 aromatic rings. The highest BCUT2D eigenvalue weighted by Crippen LogP contribution is 2.13. The fraction of sp³-hybridized carbons (Fsp3) is 0.0833. The Labute approximate surface area is 98.2 Å². The Morgan fingerprint density at radius 2 is 2.18 bits per heavy atom. The van der Waals surface area contributed by atoms with Crippen molar-refractivity contribution in [3.8, 4) is 0 Å². The van der Waals surface area contributed by atoms with E-state index in [-0.39, 0.29) is 5.69 Å². The number of benzene rings is 1. The zero-order valence-corrected chi connectivity index (χ0v) is 9.20. The van der Waals surface area contributed by atoms with Crippen LogP contribution in [0.1, 0.15) is 5.56 Å². The van der Waals surface area contributed by atoms with Crippen molar-refractivity contribution in [3.63, 3.8) is 0 Å². The number of methoxy groups -OCH3 is 1. The molecule has 0 atom stereocenters. The molecule has 0 fully saturated rings. The highest BCUT2D eigenvalue weighted by molar-refractivity contribution is 5.82. The molecule has 0 spiro atoms. The molecule has 0 aromatic heterocycles. The van der Waals surface area contributed by atoms with Crippen molar-refractivity contribution in [2.75, 3.05) is 7.11 Å². The van der Waals surface area contributed by atoms with Gasteiger partial charge in [-0.15, -0.1) is 0 Å². The first-order chi connectivity index (χ1) is 8.13. The zero-order valence-electron chi connectivity index (χ0n) is 9.20. The second kappa shape index (κ2) is 6.22. The fourth-order valence-electron chi connectivity index (χ4n) is 1.11. The van der Waals surface area contributed by atoms with Gasteiger partial charge < -0.3 is 4.74 Å². The molecule has 0 aliphatic carbocycles. The van der Waals surface area contributed by atoms with Crippen LogP contribution in [0, 0.1) is 10.1 Å². The summed E-state index contributed by atoms with van der Waals surface area (Å²) in [4.78, 5) is 20.8. The van der Waals surface area contributed by atoms with Gasteiger partial charge >= 0.3 is 5.97 Å². The van der Waals surface area contributed by atoms with Crippen molar-refractivity contribution >= 4 is 17.7 Å².